The van der Waals surface area contributed by atoms with Gasteiger partial charge in [0, 0.05) is 6.07 Å². The maximum atomic E-state index is 13.0. The zero-order valence-electron chi connectivity index (χ0n) is 16.0. The number of anilines is 1. The summed E-state index contributed by atoms with van der Waals surface area (Å²) >= 11 is 0. The van der Waals surface area contributed by atoms with Crippen molar-refractivity contribution < 1.29 is 33.2 Å². The molecule has 1 N–H and O–H groups in total. The summed E-state index contributed by atoms with van der Waals surface area (Å²) in [6.07, 6.45) is 1.32. The molecule has 30 heavy (non-hydrogen) atoms. The maximum absolute atomic E-state index is 13.0. The summed E-state index contributed by atoms with van der Waals surface area (Å²) in [5, 5.41) is 14.4. The number of aliphatic hydroxyl groups excluding tert-OH is 1. The number of hydrogen-bond donors (Lipinski definition) is 1. The molecular weight excluding hydrogens is 392 g/mol. The quantitative estimate of drug-likeness (QED) is 0.504. The van der Waals surface area contributed by atoms with Gasteiger partial charge in [-0.25, -0.2) is 4.79 Å². The van der Waals surface area contributed by atoms with Crippen molar-refractivity contribution in [2.45, 2.75) is 13.0 Å². The van der Waals surface area contributed by atoms with Gasteiger partial charge in [-0.05, 0) is 36.8 Å². The Kier molecular flexibility index (Phi) is 4.71. The van der Waals surface area contributed by atoms with Gasteiger partial charge in [-0.3, -0.25) is 14.5 Å². The van der Waals surface area contributed by atoms with Gasteiger partial charge in [-0.1, -0.05) is 17.3 Å². The van der Waals surface area contributed by atoms with Crippen LogP contribution in [0, 0.1) is 6.92 Å². The van der Waals surface area contributed by atoms with E-state index < -0.39 is 29.5 Å². The fourth-order valence-electron chi connectivity index (χ4n) is 3.32. The minimum atomic E-state index is -1.01. The summed E-state index contributed by atoms with van der Waals surface area (Å²) < 4.78 is 14.9. The number of aliphatic hydroxyl groups is 1. The number of carbonyl (C=O) groups excluding carboxylic acids is 3. The van der Waals surface area contributed by atoms with Crippen molar-refractivity contribution >= 4 is 23.5 Å². The average molecular weight is 408 g/mol. The second kappa shape index (κ2) is 7.36. The molecule has 0 radical (unpaired) electrons. The first-order valence-electron chi connectivity index (χ1n) is 8.89. The van der Waals surface area contributed by atoms with Gasteiger partial charge >= 0.3 is 5.97 Å². The number of methoxy groups -OCH3 is 1. The van der Waals surface area contributed by atoms with Crippen LogP contribution < -0.4 is 4.90 Å². The molecule has 9 heteroatoms. The van der Waals surface area contributed by atoms with E-state index in [0.29, 0.717) is 16.9 Å². The lowest BCUT2D eigenvalue weighted by molar-refractivity contribution is -0.117. The first kappa shape index (κ1) is 19.2. The lowest BCUT2D eigenvalue weighted by atomic mass is 9.94. The molecule has 0 spiro atoms. The monoisotopic (exact) mass is 408 g/mol. The molecule has 4 rings (SSSR count). The van der Waals surface area contributed by atoms with Gasteiger partial charge in [0.15, 0.2) is 17.3 Å². The summed E-state index contributed by atoms with van der Waals surface area (Å²) in [5.74, 6) is -2.14. The molecule has 3 heterocycles. The number of hydrogen-bond acceptors (Lipinski definition) is 8. The number of carbonyl (C=O) groups is 3. The molecule has 0 aliphatic carbocycles. The molecule has 0 saturated heterocycles. The number of amides is 1. The third-order valence-corrected chi connectivity index (χ3v) is 4.71. The molecule has 9 nitrogen and oxygen atoms in total. The van der Waals surface area contributed by atoms with Crippen LogP contribution in [0.5, 0.6) is 0 Å². The Morgan fingerprint density at radius 2 is 1.93 bits per heavy atom. The molecule has 0 fully saturated rings. The number of ether oxygens (including phenoxy) is 1. The van der Waals surface area contributed by atoms with Gasteiger partial charge < -0.3 is 18.8 Å². The zero-order chi connectivity index (χ0) is 21.4. The second-order valence-corrected chi connectivity index (χ2v) is 6.56. The Bertz CT molecular complexity index is 1160. The Morgan fingerprint density at radius 1 is 1.20 bits per heavy atom. The summed E-state index contributed by atoms with van der Waals surface area (Å²) in [6, 6.07) is 9.61. The van der Waals surface area contributed by atoms with Crippen LogP contribution in [0.25, 0.3) is 0 Å². The van der Waals surface area contributed by atoms with Crippen molar-refractivity contribution in [2.24, 2.45) is 0 Å². The Morgan fingerprint density at radius 3 is 2.50 bits per heavy atom. The highest BCUT2D eigenvalue weighted by molar-refractivity contribution is 6.19. The van der Waals surface area contributed by atoms with Gasteiger partial charge in [0.05, 0.1) is 30.6 Å². The van der Waals surface area contributed by atoms with Gasteiger partial charge in [0.2, 0.25) is 5.78 Å². The second-order valence-electron chi connectivity index (χ2n) is 6.56. The van der Waals surface area contributed by atoms with Crippen LogP contribution >= 0.6 is 0 Å². The van der Waals surface area contributed by atoms with Gasteiger partial charge in [-0.15, -0.1) is 0 Å². The first-order chi connectivity index (χ1) is 14.4. The highest BCUT2D eigenvalue weighted by Gasteiger charge is 2.46. The van der Waals surface area contributed by atoms with Crippen molar-refractivity contribution in [1.29, 1.82) is 0 Å². The Hall–Kier alpha value is -4.14. The summed E-state index contributed by atoms with van der Waals surface area (Å²) in [4.78, 5) is 38.8. The fourth-order valence-corrected chi connectivity index (χ4v) is 3.32. The summed E-state index contributed by atoms with van der Waals surface area (Å²) in [6.45, 7) is 1.65. The number of nitrogens with zero attached hydrogens (tertiary/aromatic N) is 2. The number of benzene rings is 1. The van der Waals surface area contributed by atoms with Gasteiger partial charge in [-0.2, -0.15) is 0 Å². The van der Waals surface area contributed by atoms with Crippen LogP contribution in [0.1, 0.15) is 38.3 Å². The first-order valence-corrected chi connectivity index (χ1v) is 8.89. The van der Waals surface area contributed by atoms with Crippen LogP contribution in [-0.4, -0.2) is 35.0 Å². The highest BCUT2D eigenvalue weighted by atomic mass is 16.5. The van der Waals surface area contributed by atoms with Crippen LogP contribution in [0.4, 0.5) is 5.82 Å². The van der Waals surface area contributed by atoms with Gasteiger partial charge in [0.25, 0.3) is 5.91 Å². The van der Waals surface area contributed by atoms with E-state index in [1.54, 1.807) is 19.1 Å². The highest BCUT2D eigenvalue weighted by Crippen LogP contribution is 2.41. The molecule has 1 aliphatic heterocycles. The Labute approximate surface area is 170 Å². The number of rotatable bonds is 5. The minimum Gasteiger partial charge on any atom is -0.503 e. The van der Waals surface area contributed by atoms with Crippen molar-refractivity contribution in [2.75, 3.05) is 12.0 Å². The molecule has 1 aliphatic rings. The van der Waals surface area contributed by atoms with E-state index >= 15 is 0 Å². The van der Waals surface area contributed by atoms with Gasteiger partial charge in [0.1, 0.15) is 5.76 Å². The maximum Gasteiger partial charge on any atom is 0.337 e. The molecule has 152 valence electrons. The summed E-state index contributed by atoms with van der Waals surface area (Å²) in [5.41, 5.74) is 0.596. The summed E-state index contributed by atoms with van der Waals surface area (Å²) in [7, 11) is 1.27. The molecule has 1 atom stereocenters. The normalized spacial score (nSPS) is 16.3. The predicted octanol–water partition coefficient (Wildman–Crippen LogP) is 3.15. The van der Waals surface area contributed by atoms with E-state index in [-0.39, 0.29) is 17.2 Å². The molecule has 0 unspecified atom stereocenters. The van der Waals surface area contributed by atoms with E-state index in [4.69, 9.17) is 13.7 Å². The van der Waals surface area contributed by atoms with Crippen molar-refractivity contribution in [3.05, 3.63) is 82.7 Å². The number of aromatic nitrogens is 1. The van der Waals surface area contributed by atoms with Crippen molar-refractivity contribution in [3.63, 3.8) is 0 Å². The van der Waals surface area contributed by atoms with E-state index in [2.05, 4.69) is 5.16 Å². The SMILES string of the molecule is COC(=O)c1ccc([C@@H]2C(C(=O)c3ccco3)=C(O)C(=O)N2c2cc(C)on2)cc1. The van der Waals surface area contributed by atoms with Crippen molar-refractivity contribution in [3.8, 4) is 0 Å². The third-order valence-electron chi connectivity index (χ3n) is 4.71. The van der Waals surface area contributed by atoms with E-state index in [1.165, 1.54) is 43.7 Å². The van der Waals surface area contributed by atoms with Crippen molar-refractivity contribution in [1.82, 2.24) is 5.16 Å². The minimum absolute atomic E-state index is 0.0290. The van der Waals surface area contributed by atoms with Crippen LogP contribution in [0.15, 0.2) is 69.0 Å². The third kappa shape index (κ3) is 3.06. The standard InChI is InChI=1S/C21H16N2O7/c1-11-10-15(22-30-11)23-17(12-5-7-13(8-6-12)21(27)28-2)16(19(25)20(23)26)18(24)14-4-3-9-29-14/h3-10,17,25H,1-2H3/t17-/m1/s1. The Balaban J connectivity index is 1.84. The molecule has 1 amide bonds. The molecule has 3 aromatic rings. The van der Waals surface area contributed by atoms with Crippen LogP contribution in [0.3, 0.4) is 0 Å². The van der Waals surface area contributed by atoms with E-state index in [1.807, 2.05) is 0 Å². The molecule has 1 aromatic carbocycles. The van der Waals surface area contributed by atoms with E-state index in [9.17, 15) is 19.5 Å². The number of furan rings is 1. The number of Topliss-reactive ketones (excluding diaryl/α,β-unsaturated/α-hetero) is 1. The van der Waals surface area contributed by atoms with Crippen LogP contribution in [0.2, 0.25) is 0 Å². The number of esters is 1. The topological polar surface area (TPSA) is 123 Å². The molecule has 2 aromatic heterocycles. The molecule has 0 bridgehead atoms. The predicted molar refractivity (Wildman–Crippen MR) is 102 cm³/mol. The molecule has 0 saturated carbocycles. The zero-order valence-corrected chi connectivity index (χ0v) is 16.0. The average Bonchev–Trinajstić information content (AvgIpc) is 3.48. The fraction of sp³-hybridized carbons (Fsp3) is 0.143. The molecular formula is C21H16N2O7. The lowest BCUT2D eigenvalue weighted by Gasteiger charge is -2.24. The lowest BCUT2D eigenvalue weighted by Crippen LogP contribution is -2.31. The number of aryl methyl sites for hydroxylation is 1. The smallest absolute Gasteiger partial charge is 0.337 e. The van der Waals surface area contributed by atoms with E-state index in [0.717, 1.165) is 4.90 Å². The van der Waals surface area contributed by atoms with Crippen LogP contribution in [-0.2, 0) is 9.53 Å². The number of ketones is 1. The largest absolute Gasteiger partial charge is 0.503 e.